The Morgan fingerprint density at radius 1 is 1.15 bits per heavy atom. The molecule has 0 aliphatic carbocycles. The van der Waals surface area contributed by atoms with Crippen LogP contribution < -0.4 is 4.90 Å². The molecule has 3 heterocycles. The van der Waals surface area contributed by atoms with Crippen LogP contribution in [0.25, 0.3) is 10.2 Å². The highest BCUT2D eigenvalue weighted by molar-refractivity contribution is 7.89. The van der Waals surface area contributed by atoms with Crippen molar-refractivity contribution in [2.24, 2.45) is 0 Å². The predicted molar refractivity (Wildman–Crippen MR) is 123 cm³/mol. The average Bonchev–Trinajstić information content (AvgIpc) is 3.57. The molecule has 2 aromatic heterocycles. The molecular formula is C23H20FN3O4S2. The molecule has 0 bridgehead atoms. The van der Waals surface area contributed by atoms with E-state index in [1.807, 2.05) is 24.3 Å². The number of para-hydroxylation sites is 1. The predicted octanol–water partition coefficient (Wildman–Crippen LogP) is 4.41. The van der Waals surface area contributed by atoms with Gasteiger partial charge in [0.2, 0.25) is 15.9 Å². The Hall–Kier alpha value is -3.08. The second kappa shape index (κ2) is 8.69. The van der Waals surface area contributed by atoms with Gasteiger partial charge in [0, 0.05) is 6.54 Å². The van der Waals surface area contributed by atoms with Crippen LogP contribution in [0.5, 0.6) is 0 Å². The van der Waals surface area contributed by atoms with Gasteiger partial charge >= 0.3 is 0 Å². The molecule has 0 spiro atoms. The number of carbonyl (C=O) groups is 1. The molecule has 0 radical (unpaired) electrons. The summed E-state index contributed by atoms with van der Waals surface area (Å²) in [6, 6.07) is 14.8. The fourth-order valence-electron chi connectivity index (χ4n) is 3.97. The highest BCUT2D eigenvalue weighted by atomic mass is 32.2. The van der Waals surface area contributed by atoms with Gasteiger partial charge in [-0.3, -0.25) is 9.69 Å². The minimum absolute atomic E-state index is 0.0406. The summed E-state index contributed by atoms with van der Waals surface area (Å²) in [6.45, 7) is 0.344. The maximum absolute atomic E-state index is 13.8. The molecule has 4 aromatic rings. The number of sulfonamides is 1. The van der Waals surface area contributed by atoms with Crippen molar-refractivity contribution < 1.29 is 22.0 Å². The molecule has 0 N–H and O–H groups in total. The first-order valence-corrected chi connectivity index (χ1v) is 12.7. The number of aromatic nitrogens is 1. The Labute approximate surface area is 194 Å². The number of benzene rings is 2. The van der Waals surface area contributed by atoms with Gasteiger partial charge in [-0.1, -0.05) is 23.5 Å². The Morgan fingerprint density at radius 3 is 2.67 bits per heavy atom. The van der Waals surface area contributed by atoms with Crippen molar-refractivity contribution in [1.82, 2.24) is 9.29 Å². The molecule has 33 heavy (non-hydrogen) atoms. The number of thiazole rings is 1. The summed E-state index contributed by atoms with van der Waals surface area (Å²) in [5, 5.41) is 0.476. The summed E-state index contributed by atoms with van der Waals surface area (Å²) in [6.07, 6.45) is 2.46. The van der Waals surface area contributed by atoms with Crippen LogP contribution in [-0.2, 0) is 21.4 Å². The number of fused-ring (bicyclic) bond motifs is 1. The number of hydrogen-bond donors (Lipinski definition) is 0. The van der Waals surface area contributed by atoms with Crippen LogP contribution in [0.1, 0.15) is 18.6 Å². The summed E-state index contributed by atoms with van der Waals surface area (Å²) < 4.78 is 47.5. The van der Waals surface area contributed by atoms with Gasteiger partial charge in [-0.2, -0.15) is 4.31 Å². The third kappa shape index (κ3) is 4.17. The Bertz CT molecular complexity index is 1350. The quantitative estimate of drug-likeness (QED) is 0.404. The number of rotatable bonds is 6. The minimum Gasteiger partial charge on any atom is -0.467 e. The second-order valence-corrected chi connectivity index (χ2v) is 10.6. The summed E-state index contributed by atoms with van der Waals surface area (Å²) in [5.74, 6) is -0.328. The summed E-state index contributed by atoms with van der Waals surface area (Å²) in [4.78, 5) is 19.8. The van der Waals surface area contributed by atoms with E-state index in [2.05, 4.69) is 4.98 Å². The third-order valence-corrected chi connectivity index (χ3v) is 8.56. The number of furan rings is 1. The number of amides is 1. The average molecular weight is 486 g/mol. The smallest absolute Gasteiger partial charge is 0.247 e. The molecule has 170 valence electrons. The SMILES string of the molecule is O=C([C@H]1CCCN1S(=O)(=O)c1ccc(F)cc1)N(Cc1ccco1)c1nc2ccccc2s1. The van der Waals surface area contributed by atoms with Gasteiger partial charge in [0.05, 0.1) is 27.9 Å². The molecule has 1 aliphatic rings. The third-order valence-electron chi connectivity index (χ3n) is 5.58. The standard InChI is InChI=1S/C23H20FN3O4S2/c24-16-9-11-18(12-10-16)33(29,30)27-13-3-7-20(27)22(28)26(15-17-5-4-14-31-17)23-25-19-6-1-2-8-21(19)32-23/h1-2,4-6,8-12,14,20H,3,7,13,15H2/t20-/m1/s1. The van der Waals surface area contributed by atoms with Crippen LogP contribution in [0.2, 0.25) is 0 Å². The van der Waals surface area contributed by atoms with Gasteiger partial charge < -0.3 is 4.42 Å². The molecule has 1 atom stereocenters. The minimum atomic E-state index is -3.97. The summed E-state index contributed by atoms with van der Waals surface area (Å²) >= 11 is 1.36. The van der Waals surface area contributed by atoms with Crippen LogP contribution >= 0.6 is 11.3 Å². The zero-order valence-corrected chi connectivity index (χ0v) is 19.1. The first-order chi connectivity index (χ1) is 15.9. The van der Waals surface area contributed by atoms with Crippen molar-refractivity contribution in [3.8, 4) is 0 Å². The van der Waals surface area contributed by atoms with Gasteiger partial charge in [-0.05, 0) is 61.4 Å². The molecule has 0 saturated carbocycles. The highest BCUT2D eigenvalue weighted by Gasteiger charge is 2.42. The van der Waals surface area contributed by atoms with E-state index in [0.717, 1.165) is 22.3 Å². The molecule has 5 rings (SSSR count). The van der Waals surface area contributed by atoms with Crippen LogP contribution in [0.4, 0.5) is 9.52 Å². The molecule has 1 fully saturated rings. The zero-order chi connectivity index (χ0) is 23.0. The van der Waals surface area contributed by atoms with Crippen molar-refractivity contribution in [2.75, 3.05) is 11.4 Å². The summed E-state index contributed by atoms with van der Waals surface area (Å²) in [5.41, 5.74) is 0.761. The van der Waals surface area contributed by atoms with E-state index < -0.39 is 21.9 Å². The molecule has 7 nitrogen and oxygen atoms in total. The number of hydrogen-bond acceptors (Lipinski definition) is 6. The highest BCUT2D eigenvalue weighted by Crippen LogP contribution is 2.33. The Balaban J connectivity index is 1.50. The largest absolute Gasteiger partial charge is 0.467 e. The van der Waals surface area contributed by atoms with Crippen molar-refractivity contribution >= 4 is 42.6 Å². The van der Waals surface area contributed by atoms with Crippen LogP contribution in [0.3, 0.4) is 0 Å². The van der Waals surface area contributed by atoms with Crippen LogP contribution in [-0.4, -0.2) is 36.2 Å². The normalized spacial score (nSPS) is 16.9. The Kier molecular flexibility index (Phi) is 5.73. The number of nitrogens with zero attached hydrogens (tertiary/aromatic N) is 3. The fourth-order valence-corrected chi connectivity index (χ4v) is 6.59. The number of carbonyl (C=O) groups excluding carboxylic acids is 1. The maximum atomic E-state index is 13.8. The molecule has 0 unspecified atom stereocenters. The summed E-state index contributed by atoms with van der Waals surface area (Å²) in [7, 11) is -3.97. The van der Waals surface area contributed by atoms with E-state index in [1.54, 1.807) is 12.1 Å². The number of halogens is 1. The van der Waals surface area contributed by atoms with E-state index in [0.29, 0.717) is 23.7 Å². The van der Waals surface area contributed by atoms with Crippen molar-refractivity contribution in [2.45, 2.75) is 30.3 Å². The lowest BCUT2D eigenvalue weighted by Gasteiger charge is -2.28. The van der Waals surface area contributed by atoms with Gasteiger partial charge in [0.25, 0.3) is 0 Å². The number of anilines is 1. The molecule has 1 aliphatic heterocycles. The molecular weight excluding hydrogens is 465 g/mol. The van der Waals surface area contributed by atoms with Crippen molar-refractivity contribution in [1.29, 1.82) is 0 Å². The van der Waals surface area contributed by atoms with Gasteiger partial charge in [0.15, 0.2) is 5.13 Å². The van der Waals surface area contributed by atoms with Gasteiger partial charge in [-0.25, -0.2) is 17.8 Å². The first-order valence-electron chi connectivity index (χ1n) is 10.4. The van der Waals surface area contributed by atoms with Gasteiger partial charge in [-0.15, -0.1) is 0 Å². The molecule has 1 amide bonds. The van der Waals surface area contributed by atoms with E-state index in [1.165, 1.54) is 38.9 Å². The lowest BCUT2D eigenvalue weighted by atomic mass is 10.2. The fraction of sp³-hybridized carbons (Fsp3) is 0.217. The Morgan fingerprint density at radius 2 is 1.94 bits per heavy atom. The van der Waals surface area contributed by atoms with Crippen LogP contribution in [0.15, 0.2) is 76.2 Å². The topological polar surface area (TPSA) is 83.7 Å². The van der Waals surface area contributed by atoms with E-state index >= 15 is 0 Å². The van der Waals surface area contributed by atoms with E-state index in [9.17, 15) is 17.6 Å². The monoisotopic (exact) mass is 485 g/mol. The van der Waals surface area contributed by atoms with Crippen LogP contribution in [0, 0.1) is 5.82 Å². The van der Waals surface area contributed by atoms with E-state index in [-0.39, 0.29) is 23.9 Å². The van der Waals surface area contributed by atoms with Gasteiger partial charge in [0.1, 0.15) is 17.6 Å². The lowest BCUT2D eigenvalue weighted by Crippen LogP contribution is -2.47. The van der Waals surface area contributed by atoms with Crippen molar-refractivity contribution in [3.05, 3.63) is 78.5 Å². The lowest BCUT2D eigenvalue weighted by molar-refractivity contribution is -0.121. The second-order valence-electron chi connectivity index (χ2n) is 7.70. The maximum Gasteiger partial charge on any atom is 0.247 e. The van der Waals surface area contributed by atoms with Crippen molar-refractivity contribution in [3.63, 3.8) is 0 Å². The molecule has 1 saturated heterocycles. The first kappa shape index (κ1) is 21.7. The molecule has 2 aromatic carbocycles. The van der Waals surface area contributed by atoms with E-state index in [4.69, 9.17) is 4.42 Å². The zero-order valence-electron chi connectivity index (χ0n) is 17.4. The molecule has 10 heteroatoms.